The van der Waals surface area contributed by atoms with E-state index in [1.165, 1.54) is 12.1 Å². The summed E-state index contributed by atoms with van der Waals surface area (Å²) in [4.78, 5) is 20.1. The van der Waals surface area contributed by atoms with Gasteiger partial charge in [0.05, 0.1) is 11.5 Å². The summed E-state index contributed by atoms with van der Waals surface area (Å²) in [6.45, 7) is 0.140. The Hall–Kier alpha value is -1.43. The van der Waals surface area contributed by atoms with E-state index in [1.807, 2.05) is 0 Å². The summed E-state index contributed by atoms with van der Waals surface area (Å²) in [6, 6.07) is 4.41. The molecule has 5 nitrogen and oxygen atoms in total. The predicted molar refractivity (Wildman–Crippen MR) is 57.0 cm³/mol. The number of nitrogens with zero attached hydrogens (tertiary/aromatic N) is 1. The number of carbonyl (C=O) groups is 1. The minimum Gasteiger partial charge on any atom is -0.486 e. The summed E-state index contributed by atoms with van der Waals surface area (Å²) in [7, 11) is 0. The van der Waals surface area contributed by atoms with E-state index in [0.717, 1.165) is 0 Å². The van der Waals surface area contributed by atoms with Gasteiger partial charge in [-0.15, -0.1) is 0 Å². The van der Waals surface area contributed by atoms with E-state index >= 15 is 0 Å². The van der Waals surface area contributed by atoms with E-state index in [2.05, 4.69) is 15.9 Å². The molecule has 0 atom stereocenters. The van der Waals surface area contributed by atoms with Crippen molar-refractivity contribution in [2.45, 2.75) is 6.42 Å². The Morgan fingerprint density at radius 2 is 2.27 bits per heavy atom. The highest BCUT2D eigenvalue weighted by molar-refractivity contribution is 9.10. The van der Waals surface area contributed by atoms with Crippen LogP contribution < -0.4 is 4.74 Å². The molecule has 1 aromatic carbocycles. The fourth-order valence-corrected chi connectivity index (χ4v) is 1.31. The largest absolute Gasteiger partial charge is 0.486 e. The third-order valence-electron chi connectivity index (χ3n) is 1.61. The molecule has 0 fully saturated rings. The lowest BCUT2D eigenvalue weighted by atomic mass is 10.3. The van der Waals surface area contributed by atoms with Crippen LogP contribution in [0, 0.1) is 10.1 Å². The summed E-state index contributed by atoms with van der Waals surface area (Å²) >= 11 is 3.18. The number of nitro groups is 1. The Kier molecular flexibility index (Phi) is 4.23. The van der Waals surface area contributed by atoms with E-state index in [1.54, 1.807) is 6.07 Å². The molecule has 0 aliphatic heterocycles. The van der Waals surface area contributed by atoms with Crippen LogP contribution in [0.1, 0.15) is 6.42 Å². The van der Waals surface area contributed by atoms with Crippen molar-refractivity contribution < 1.29 is 14.5 Å². The zero-order chi connectivity index (χ0) is 11.3. The van der Waals surface area contributed by atoms with Gasteiger partial charge in [-0.05, 0) is 6.07 Å². The molecule has 0 radical (unpaired) electrons. The van der Waals surface area contributed by atoms with Crippen molar-refractivity contribution in [1.82, 2.24) is 0 Å². The quantitative estimate of drug-likeness (QED) is 0.357. The van der Waals surface area contributed by atoms with Crippen molar-refractivity contribution in [2.24, 2.45) is 0 Å². The second-order valence-corrected chi connectivity index (χ2v) is 3.59. The molecule has 1 aromatic rings. The van der Waals surface area contributed by atoms with Crippen LogP contribution in [-0.2, 0) is 4.79 Å². The maximum Gasteiger partial charge on any atom is 0.310 e. The second kappa shape index (κ2) is 5.45. The first-order chi connectivity index (χ1) is 7.15. The molecule has 80 valence electrons. The number of rotatable bonds is 5. The molecular formula is C9H8BrNO4. The molecule has 15 heavy (non-hydrogen) atoms. The van der Waals surface area contributed by atoms with Gasteiger partial charge < -0.3 is 9.53 Å². The molecular weight excluding hydrogens is 266 g/mol. The standard InChI is InChI=1S/C9H8BrNO4/c10-7-2-3-8(11(13)14)9(6-7)15-5-1-4-12/h2-4,6H,1,5H2. The van der Waals surface area contributed by atoms with Gasteiger partial charge in [0.1, 0.15) is 6.29 Å². The Labute approximate surface area is 94.3 Å². The van der Waals surface area contributed by atoms with Crippen LogP contribution in [-0.4, -0.2) is 17.8 Å². The molecule has 0 saturated heterocycles. The van der Waals surface area contributed by atoms with Crippen LogP contribution in [0.4, 0.5) is 5.69 Å². The fraction of sp³-hybridized carbons (Fsp3) is 0.222. The Morgan fingerprint density at radius 3 is 2.87 bits per heavy atom. The molecule has 0 saturated carbocycles. The lowest BCUT2D eigenvalue weighted by Gasteiger charge is -2.04. The van der Waals surface area contributed by atoms with Crippen molar-refractivity contribution in [3.05, 3.63) is 32.8 Å². The van der Waals surface area contributed by atoms with Crippen molar-refractivity contribution in [2.75, 3.05) is 6.61 Å². The first-order valence-electron chi connectivity index (χ1n) is 4.15. The van der Waals surface area contributed by atoms with Crippen LogP contribution in [0.3, 0.4) is 0 Å². The smallest absolute Gasteiger partial charge is 0.310 e. The monoisotopic (exact) mass is 273 g/mol. The van der Waals surface area contributed by atoms with Gasteiger partial charge in [0.25, 0.3) is 0 Å². The van der Waals surface area contributed by atoms with Gasteiger partial charge in [-0.2, -0.15) is 0 Å². The minimum absolute atomic E-state index is 0.107. The fourth-order valence-electron chi connectivity index (χ4n) is 0.971. The molecule has 0 aliphatic carbocycles. The third-order valence-corrected chi connectivity index (χ3v) is 2.11. The van der Waals surface area contributed by atoms with Crippen LogP contribution in [0.5, 0.6) is 5.75 Å². The van der Waals surface area contributed by atoms with E-state index in [-0.39, 0.29) is 24.5 Å². The maximum atomic E-state index is 10.6. The van der Waals surface area contributed by atoms with E-state index in [0.29, 0.717) is 10.8 Å². The Balaban J connectivity index is 2.86. The lowest BCUT2D eigenvalue weighted by Crippen LogP contribution is -2.00. The van der Waals surface area contributed by atoms with Gasteiger partial charge in [-0.1, -0.05) is 15.9 Å². The highest BCUT2D eigenvalue weighted by atomic mass is 79.9. The molecule has 0 N–H and O–H groups in total. The van der Waals surface area contributed by atoms with Crippen molar-refractivity contribution in [3.8, 4) is 5.75 Å². The summed E-state index contributed by atoms with van der Waals surface area (Å²) in [5.41, 5.74) is -0.107. The van der Waals surface area contributed by atoms with Crippen LogP contribution >= 0.6 is 15.9 Å². The zero-order valence-electron chi connectivity index (χ0n) is 7.68. The zero-order valence-corrected chi connectivity index (χ0v) is 9.27. The number of hydrogen-bond acceptors (Lipinski definition) is 4. The minimum atomic E-state index is -0.525. The summed E-state index contributed by atoms with van der Waals surface area (Å²) in [5, 5.41) is 10.6. The third kappa shape index (κ3) is 3.32. The average molecular weight is 274 g/mol. The number of hydrogen-bond donors (Lipinski definition) is 0. The SMILES string of the molecule is O=CCCOc1cc(Br)ccc1[N+](=O)[O-]. The highest BCUT2D eigenvalue weighted by Gasteiger charge is 2.14. The molecule has 1 rings (SSSR count). The molecule has 0 aliphatic rings. The molecule has 6 heteroatoms. The van der Waals surface area contributed by atoms with Crippen molar-refractivity contribution in [1.29, 1.82) is 0 Å². The number of nitro benzene ring substituents is 1. The average Bonchev–Trinajstić information content (AvgIpc) is 2.18. The van der Waals surface area contributed by atoms with E-state index in [4.69, 9.17) is 4.74 Å². The van der Waals surface area contributed by atoms with Gasteiger partial charge in [-0.3, -0.25) is 10.1 Å². The van der Waals surface area contributed by atoms with Crippen LogP contribution in [0.2, 0.25) is 0 Å². The van der Waals surface area contributed by atoms with Crippen LogP contribution in [0.25, 0.3) is 0 Å². The molecule has 0 bridgehead atoms. The molecule has 0 unspecified atom stereocenters. The molecule has 0 amide bonds. The molecule has 0 spiro atoms. The van der Waals surface area contributed by atoms with E-state index in [9.17, 15) is 14.9 Å². The molecule has 0 heterocycles. The number of halogens is 1. The van der Waals surface area contributed by atoms with Gasteiger partial charge in [0.15, 0.2) is 5.75 Å². The van der Waals surface area contributed by atoms with Crippen molar-refractivity contribution in [3.63, 3.8) is 0 Å². The summed E-state index contributed by atoms with van der Waals surface area (Å²) < 4.78 is 5.81. The lowest BCUT2D eigenvalue weighted by molar-refractivity contribution is -0.385. The van der Waals surface area contributed by atoms with E-state index < -0.39 is 4.92 Å². The van der Waals surface area contributed by atoms with Gasteiger partial charge in [0, 0.05) is 23.0 Å². The van der Waals surface area contributed by atoms with Gasteiger partial charge in [-0.25, -0.2) is 0 Å². The first kappa shape index (κ1) is 11.6. The topological polar surface area (TPSA) is 69.4 Å². The number of aldehydes is 1. The van der Waals surface area contributed by atoms with Gasteiger partial charge >= 0.3 is 5.69 Å². The second-order valence-electron chi connectivity index (χ2n) is 2.67. The first-order valence-corrected chi connectivity index (χ1v) is 4.95. The van der Waals surface area contributed by atoms with Crippen molar-refractivity contribution >= 4 is 27.9 Å². The summed E-state index contributed by atoms with van der Waals surface area (Å²) in [5.74, 6) is 0.163. The number of carbonyl (C=O) groups excluding carboxylic acids is 1. The normalized spacial score (nSPS) is 9.67. The van der Waals surface area contributed by atoms with Crippen LogP contribution in [0.15, 0.2) is 22.7 Å². The summed E-state index contributed by atoms with van der Waals surface area (Å²) in [6.07, 6.45) is 0.910. The Bertz CT molecular complexity index is 380. The number of benzene rings is 1. The molecule has 0 aromatic heterocycles. The maximum absolute atomic E-state index is 10.6. The highest BCUT2D eigenvalue weighted by Crippen LogP contribution is 2.29. The van der Waals surface area contributed by atoms with Gasteiger partial charge in [0.2, 0.25) is 0 Å². The predicted octanol–water partition coefficient (Wildman–Crippen LogP) is 2.33. The Morgan fingerprint density at radius 1 is 1.53 bits per heavy atom. The number of ether oxygens (including phenoxy) is 1.